The van der Waals surface area contributed by atoms with E-state index in [1.165, 1.54) is 6.07 Å². The minimum absolute atomic E-state index is 0. The highest BCUT2D eigenvalue weighted by atomic mass is 35.5. The molecule has 13 heteroatoms. The highest BCUT2D eigenvalue weighted by Gasteiger charge is 2.36. The highest BCUT2D eigenvalue weighted by molar-refractivity contribution is 5.85. The van der Waals surface area contributed by atoms with Crippen molar-refractivity contribution in [3.63, 3.8) is 0 Å². The molecule has 0 saturated carbocycles. The van der Waals surface area contributed by atoms with Crippen molar-refractivity contribution in [3.8, 4) is 17.2 Å². The molecular weight excluding hydrogens is 556 g/mol. The lowest BCUT2D eigenvalue weighted by atomic mass is 9.96. The maximum absolute atomic E-state index is 13.4. The minimum atomic E-state index is -4.91. The maximum Gasteiger partial charge on any atom is 0.422 e. The fourth-order valence-corrected chi connectivity index (χ4v) is 4.34. The van der Waals surface area contributed by atoms with Crippen molar-refractivity contribution < 1.29 is 50.5 Å². The fourth-order valence-electron chi connectivity index (χ4n) is 4.34. The molecule has 2 aliphatic rings. The second-order valence-corrected chi connectivity index (χ2v) is 9.20. The van der Waals surface area contributed by atoms with E-state index in [1.54, 1.807) is 18.2 Å². The summed E-state index contributed by atoms with van der Waals surface area (Å²) in [6, 6.07) is 7.78. The van der Waals surface area contributed by atoms with E-state index in [9.17, 15) is 31.1 Å². The Morgan fingerprint density at radius 1 is 1.03 bits per heavy atom. The molecule has 0 unspecified atom stereocenters. The molecule has 6 nitrogen and oxygen atoms in total. The zero-order valence-corrected chi connectivity index (χ0v) is 21.3. The first-order valence-corrected chi connectivity index (χ1v) is 11.8. The third-order valence-corrected chi connectivity index (χ3v) is 6.27. The van der Waals surface area contributed by atoms with Gasteiger partial charge in [-0.3, -0.25) is 9.69 Å². The van der Waals surface area contributed by atoms with Gasteiger partial charge in [0.2, 0.25) is 0 Å². The number of carboxylic acids is 1. The molecule has 0 atom stereocenters. The number of nitrogens with zero attached hydrogens (tertiary/aromatic N) is 1. The lowest BCUT2D eigenvalue weighted by molar-refractivity contribution is -0.158. The number of hydrogen-bond acceptors (Lipinski definition) is 5. The molecule has 2 aromatic carbocycles. The van der Waals surface area contributed by atoms with Crippen LogP contribution < -0.4 is 14.2 Å². The van der Waals surface area contributed by atoms with Crippen LogP contribution in [0.5, 0.6) is 17.2 Å². The Balaban J connectivity index is 0.00000420. The summed E-state index contributed by atoms with van der Waals surface area (Å²) in [5.74, 6) is -1.08. The van der Waals surface area contributed by atoms with E-state index in [1.807, 2.05) is 6.08 Å². The SMILES string of the molecule is Cl.O=C(O)C1CCN(CC2=Cc3ccc(OCc4ccc(OCC(F)(F)F)c(C(F)(F)F)c4)cc3OC2)CC1. The number of aliphatic carboxylic acids is 1. The fraction of sp³-hybridized carbons (Fsp3) is 0.423. The molecule has 1 N–H and O–H groups in total. The van der Waals surface area contributed by atoms with E-state index in [4.69, 9.17) is 14.6 Å². The lowest BCUT2D eigenvalue weighted by Gasteiger charge is -2.31. The molecule has 4 rings (SSSR count). The van der Waals surface area contributed by atoms with E-state index in [-0.39, 0.29) is 30.5 Å². The van der Waals surface area contributed by atoms with Gasteiger partial charge in [0.05, 0.1) is 11.5 Å². The van der Waals surface area contributed by atoms with Crippen molar-refractivity contribution in [1.82, 2.24) is 4.90 Å². The standard InChI is InChI=1S/C26H25F6NO5.ClH/c27-25(28,29)15-38-22-4-1-16(10-21(22)26(30,31)32)13-36-20-3-2-19-9-17(14-37-23(19)11-20)12-33-7-5-18(6-8-33)24(34)35;/h1-4,9-11,18H,5-8,12-15H2,(H,34,35);1H. The zero-order valence-electron chi connectivity index (χ0n) is 20.5. The van der Waals surface area contributed by atoms with Crippen LogP contribution in [0.4, 0.5) is 26.3 Å². The largest absolute Gasteiger partial charge is 0.489 e. The normalized spacial score (nSPS) is 16.4. The van der Waals surface area contributed by atoms with Gasteiger partial charge in [0.1, 0.15) is 30.5 Å². The smallest absolute Gasteiger partial charge is 0.422 e. The highest BCUT2D eigenvalue weighted by Crippen LogP contribution is 2.38. The van der Waals surface area contributed by atoms with Crippen LogP contribution in [0.15, 0.2) is 42.0 Å². The van der Waals surface area contributed by atoms with E-state index in [2.05, 4.69) is 9.64 Å². The van der Waals surface area contributed by atoms with Crippen LogP contribution in [-0.4, -0.2) is 55.0 Å². The number of carboxylic acid groups (broad SMARTS) is 1. The van der Waals surface area contributed by atoms with Gasteiger partial charge in [-0.25, -0.2) is 0 Å². The van der Waals surface area contributed by atoms with Crippen LogP contribution in [0.1, 0.15) is 29.5 Å². The summed E-state index contributed by atoms with van der Waals surface area (Å²) in [5.41, 5.74) is 0.627. The van der Waals surface area contributed by atoms with Gasteiger partial charge in [-0.2, -0.15) is 26.3 Å². The van der Waals surface area contributed by atoms with E-state index < -0.39 is 36.2 Å². The molecule has 0 bridgehead atoms. The monoisotopic (exact) mass is 581 g/mol. The molecule has 2 heterocycles. The summed E-state index contributed by atoms with van der Waals surface area (Å²) < 4.78 is 93.1. The number of fused-ring (bicyclic) bond motifs is 1. The molecular formula is C26H26ClF6NO5. The molecule has 1 saturated heterocycles. The minimum Gasteiger partial charge on any atom is -0.489 e. The predicted octanol–water partition coefficient (Wildman–Crippen LogP) is 6.22. The summed E-state index contributed by atoms with van der Waals surface area (Å²) in [5, 5.41) is 9.14. The first-order chi connectivity index (χ1) is 17.9. The topological polar surface area (TPSA) is 68.2 Å². The van der Waals surface area contributed by atoms with Gasteiger partial charge in [0.25, 0.3) is 0 Å². The van der Waals surface area contributed by atoms with Gasteiger partial charge in [-0.1, -0.05) is 6.07 Å². The molecule has 0 aromatic heterocycles. The number of halogens is 7. The number of benzene rings is 2. The Labute approximate surface area is 226 Å². The third-order valence-electron chi connectivity index (χ3n) is 6.27. The second kappa shape index (κ2) is 12.4. The first-order valence-electron chi connectivity index (χ1n) is 11.8. The Morgan fingerprint density at radius 3 is 2.38 bits per heavy atom. The van der Waals surface area contributed by atoms with Crippen molar-refractivity contribution in [3.05, 3.63) is 58.7 Å². The molecule has 0 amide bonds. The van der Waals surface area contributed by atoms with Crippen LogP contribution in [0.3, 0.4) is 0 Å². The van der Waals surface area contributed by atoms with Gasteiger partial charge in [0.15, 0.2) is 6.61 Å². The Morgan fingerprint density at radius 2 is 1.74 bits per heavy atom. The summed E-state index contributed by atoms with van der Waals surface area (Å²) >= 11 is 0. The average molecular weight is 582 g/mol. The summed E-state index contributed by atoms with van der Waals surface area (Å²) in [6.07, 6.45) is -6.48. The Bertz CT molecular complexity index is 1190. The number of hydrogen-bond donors (Lipinski definition) is 1. The molecule has 1 fully saturated rings. The average Bonchev–Trinajstić information content (AvgIpc) is 2.85. The zero-order chi connectivity index (χ0) is 27.5. The van der Waals surface area contributed by atoms with Crippen molar-refractivity contribution >= 4 is 24.5 Å². The van der Waals surface area contributed by atoms with Crippen LogP contribution in [0.25, 0.3) is 6.08 Å². The molecule has 0 spiro atoms. The van der Waals surface area contributed by atoms with Crippen LogP contribution in [0.2, 0.25) is 0 Å². The number of piperidine rings is 1. The third kappa shape index (κ3) is 8.43. The Hall–Kier alpha value is -3.12. The summed E-state index contributed by atoms with van der Waals surface area (Å²) in [6.45, 7) is 0.298. The van der Waals surface area contributed by atoms with Gasteiger partial charge in [-0.15, -0.1) is 12.4 Å². The number of ether oxygens (including phenoxy) is 3. The van der Waals surface area contributed by atoms with Crippen molar-refractivity contribution in [2.24, 2.45) is 5.92 Å². The molecule has 0 radical (unpaired) electrons. The van der Waals surface area contributed by atoms with Gasteiger partial charge in [0, 0.05) is 18.2 Å². The van der Waals surface area contributed by atoms with Crippen LogP contribution in [0, 0.1) is 5.92 Å². The molecule has 214 valence electrons. The first kappa shape index (κ1) is 30.4. The lowest BCUT2D eigenvalue weighted by Crippen LogP contribution is -2.38. The quantitative estimate of drug-likeness (QED) is 0.373. The van der Waals surface area contributed by atoms with Crippen molar-refractivity contribution in [2.45, 2.75) is 31.8 Å². The predicted molar refractivity (Wildman–Crippen MR) is 131 cm³/mol. The van der Waals surface area contributed by atoms with Crippen molar-refractivity contribution in [1.29, 1.82) is 0 Å². The van der Waals surface area contributed by atoms with Crippen LogP contribution in [-0.2, 0) is 17.6 Å². The maximum atomic E-state index is 13.4. The van der Waals surface area contributed by atoms with E-state index >= 15 is 0 Å². The molecule has 39 heavy (non-hydrogen) atoms. The molecule has 2 aromatic rings. The molecule has 0 aliphatic carbocycles. The van der Waals surface area contributed by atoms with Crippen LogP contribution >= 0.6 is 12.4 Å². The number of likely N-dealkylation sites (tertiary alicyclic amines) is 1. The number of carbonyl (C=O) groups is 1. The van der Waals surface area contributed by atoms with E-state index in [0.29, 0.717) is 56.6 Å². The van der Waals surface area contributed by atoms with E-state index in [0.717, 1.165) is 17.2 Å². The number of alkyl halides is 6. The number of rotatable bonds is 8. The van der Waals surface area contributed by atoms with Gasteiger partial charge >= 0.3 is 18.3 Å². The van der Waals surface area contributed by atoms with Gasteiger partial charge < -0.3 is 19.3 Å². The Kier molecular flexibility index (Phi) is 9.65. The van der Waals surface area contributed by atoms with Crippen molar-refractivity contribution in [2.75, 3.05) is 32.8 Å². The second-order valence-electron chi connectivity index (χ2n) is 9.20. The summed E-state index contributed by atoms with van der Waals surface area (Å²) in [7, 11) is 0. The summed E-state index contributed by atoms with van der Waals surface area (Å²) in [4.78, 5) is 13.3. The van der Waals surface area contributed by atoms with Gasteiger partial charge in [-0.05, 0) is 67.4 Å². The molecule has 2 aliphatic heterocycles.